The van der Waals surface area contributed by atoms with Gasteiger partial charge in [0.1, 0.15) is 0 Å². The maximum atomic E-state index is 15.1. The number of fused-ring (bicyclic) bond motifs is 6. The standard InChI is InChI=1S/C65H41F3N4/c66-65(67,68)49-32-34-53(63(40-49)72-59-28-16-14-26-51(59)55-38-47(31-36-61(55)72)43-19-7-2-8-20-43)52-33-29-48(64-69-56(44-21-9-3-10-22-44)41-57(70-64)45-23-11-4-12-24-45)39-62(52)71-58-27-15-13-25-50(58)54-37-46(30-35-60(54)71)42-17-5-1-6-18-42/h1-41H. The monoisotopic (exact) mass is 934 g/mol. The number of alkyl halides is 3. The van der Waals surface area contributed by atoms with Crippen molar-refractivity contribution >= 4 is 43.6 Å². The summed E-state index contributed by atoms with van der Waals surface area (Å²) in [6.45, 7) is 0. The maximum absolute atomic E-state index is 15.1. The van der Waals surface area contributed by atoms with Gasteiger partial charge in [0.05, 0.1) is 50.4 Å². The van der Waals surface area contributed by atoms with E-state index < -0.39 is 11.7 Å². The van der Waals surface area contributed by atoms with Crippen LogP contribution in [0.3, 0.4) is 0 Å². The molecule has 13 aromatic rings. The van der Waals surface area contributed by atoms with Crippen molar-refractivity contribution in [2.75, 3.05) is 0 Å². The topological polar surface area (TPSA) is 35.6 Å². The number of hydrogen-bond acceptors (Lipinski definition) is 2. The predicted molar refractivity (Wildman–Crippen MR) is 288 cm³/mol. The lowest BCUT2D eigenvalue weighted by Crippen LogP contribution is -2.08. The summed E-state index contributed by atoms with van der Waals surface area (Å²) in [7, 11) is 0. The molecule has 342 valence electrons. The van der Waals surface area contributed by atoms with E-state index in [9.17, 15) is 0 Å². The van der Waals surface area contributed by atoms with Crippen LogP contribution in [0.2, 0.25) is 0 Å². The highest BCUT2D eigenvalue weighted by molar-refractivity contribution is 6.13. The lowest BCUT2D eigenvalue weighted by molar-refractivity contribution is -0.137. The molecule has 10 aromatic carbocycles. The normalized spacial score (nSPS) is 11.8. The molecule has 0 spiro atoms. The minimum atomic E-state index is -4.61. The second-order valence-corrected chi connectivity index (χ2v) is 18.1. The maximum Gasteiger partial charge on any atom is 0.416 e. The first-order chi connectivity index (χ1) is 35.3. The minimum absolute atomic E-state index is 0.401. The van der Waals surface area contributed by atoms with E-state index in [1.54, 1.807) is 6.07 Å². The molecule has 72 heavy (non-hydrogen) atoms. The third-order valence-electron chi connectivity index (χ3n) is 13.8. The Bertz CT molecular complexity index is 4120. The molecule has 0 saturated heterocycles. The lowest BCUT2D eigenvalue weighted by atomic mass is 9.96. The summed E-state index contributed by atoms with van der Waals surface area (Å²) in [6.07, 6.45) is -4.61. The van der Waals surface area contributed by atoms with Gasteiger partial charge in [0.2, 0.25) is 0 Å². The van der Waals surface area contributed by atoms with Crippen LogP contribution in [0.25, 0.3) is 122 Å². The SMILES string of the molecule is FC(F)(F)c1ccc(-c2ccc(-c3nc(-c4ccccc4)cc(-c4ccccc4)n3)cc2-n2c3ccccc3c3cc(-c4ccccc4)ccc32)c(-n2c3ccccc3c3cc(-c4ccccc4)ccc32)c1. The van der Waals surface area contributed by atoms with Gasteiger partial charge in [0, 0.05) is 49.4 Å². The van der Waals surface area contributed by atoms with Gasteiger partial charge >= 0.3 is 6.18 Å². The molecule has 0 atom stereocenters. The largest absolute Gasteiger partial charge is 0.416 e. The van der Waals surface area contributed by atoms with E-state index in [1.165, 1.54) is 12.1 Å². The van der Waals surface area contributed by atoms with Crippen LogP contribution in [0.4, 0.5) is 13.2 Å². The van der Waals surface area contributed by atoms with Crippen molar-refractivity contribution in [2.45, 2.75) is 6.18 Å². The first-order valence-corrected chi connectivity index (χ1v) is 23.9. The highest BCUT2D eigenvalue weighted by Crippen LogP contribution is 2.45. The number of para-hydroxylation sites is 2. The van der Waals surface area contributed by atoms with Gasteiger partial charge in [0.15, 0.2) is 5.82 Å². The molecule has 4 nitrogen and oxygen atoms in total. The summed E-state index contributed by atoms with van der Waals surface area (Å²) in [5.74, 6) is 0.513. The molecule has 0 fully saturated rings. The molecule has 7 heteroatoms. The zero-order valence-electron chi connectivity index (χ0n) is 38.6. The number of halogens is 3. The average Bonchev–Trinajstić information content (AvgIpc) is 3.95. The van der Waals surface area contributed by atoms with Crippen molar-refractivity contribution in [1.82, 2.24) is 19.1 Å². The second-order valence-electron chi connectivity index (χ2n) is 18.1. The zero-order chi connectivity index (χ0) is 48.3. The van der Waals surface area contributed by atoms with Gasteiger partial charge in [-0.2, -0.15) is 13.2 Å². The first kappa shape index (κ1) is 42.7. The summed E-state index contributed by atoms with van der Waals surface area (Å²) in [5, 5.41) is 3.96. The first-order valence-electron chi connectivity index (χ1n) is 23.9. The molecule has 0 bridgehead atoms. The Morgan fingerprint density at radius 2 is 0.681 bits per heavy atom. The van der Waals surface area contributed by atoms with Crippen molar-refractivity contribution in [3.63, 3.8) is 0 Å². The van der Waals surface area contributed by atoms with Gasteiger partial charge in [-0.15, -0.1) is 0 Å². The molecule has 0 amide bonds. The van der Waals surface area contributed by atoms with E-state index in [1.807, 2.05) is 162 Å². The Morgan fingerprint density at radius 1 is 0.292 bits per heavy atom. The Labute approximate surface area is 413 Å². The van der Waals surface area contributed by atoms with Gasteiger partial charge in [-0.3, -0.25) is 0 Å². The van der Waals surface area contributed by atoms with E-state index in [0.29, 0.717) is 17.1 Å². The number of rotatable bonds is 8. The molecular formula is C65H41F3N4. The third-order valence-corrected chi connectivity index (χ3v) is 13.8. The highest BCUT2D eigenvalue weighted by atomic mass is 19.4. The van der Waals surface area contributed by atoms with Crippen LogP contribution in [-0.4, -0.2) is 19.1 Å². The zero-order valence-corrected chi connectivity index (χ0v) is 38.6. The molecule has 0 aliphatic heterocycles. The van der Waals surface area contributed by atoms with Gasteiger partial charge < -0.3 is 9.13 Å². The van der Waals surface area contributed by atoms with Crippen LogP contribution in [-0.2, 0) is 6.18 Å². The average molecular weight is 935 g/mol. The summed E-state index contributed by atoms with van der Waals surface area (Å²) < 4.78 is 49.7. The van der Waals surface area contributed by atoms with Crippen LogP contribution in [0.15, 0.2) is 249 Å². The van der Waals surface area contributed by atoms with Crippen molar-refractivity contribution in [1.29, 1.82) is 0 Å². The van der Waals surface area contributed by atoms with Crippen LogP contribution < -0.4 is 0 Å². The summed E-state index contributed by atoms with van der Waals surface area (Å²) in [5.41, 5.74) is 13.7. The Balaban J connectivity index is 1.11. The molecule has 13 rings (SSSR count). The Morgan fingerprint density at radius 3 is 1.15 bits per heavy atom. The fourth-order valence-electron chi connectivity index (χ4n) is 10.4. The van der Waals surface area contributed by atoms with Crippen LogP contribution in [0, 0.1) is 0 Å². The summed E-state index contributed by atoms with van der Waals surface area (Å²) in [6, 6.07) is 81.9. The molecule has 0 aliphatic rings. The van der Waals surface area contributed by atoms with Gasteiger partial charge in [-0.05, 0) is 82.9 Å². The van der Waals surface area contributed by atoms with E-state index in [2.05, 4.69) is 77.4 Å². The molecular weight excluding hydrogens is 894 g/mol. The molecule has 3 heterocycles. The molecule has 0 N–H and O–H groups in total. The van der Waals surface area contributed by atoms with Gasteiger partial charge in [0.25, 0.3) is 0 Å². The molecule has 0 saturated carbocycles. The van der Waals surface area contributed by atoms with Crippen LogP contribution >= 0.6 is 0 Å². The lowest BCUT2D eigenvalue weighted by Gasteiger charge is -2.21. The Kier molecular flexibility index (Phi) is 10.2. The molecule has 0 unspecified atom stereocenters. The van der Waals surface area contributed by atoms with E-state index >= 15 is 13.2 Å². The third kappa shape index (κ3) is 7.42. The predicted octanol–water partition coefficient (Wildman–Crippen LogP) is 17.7. The summed E-state index contributed by atoms with van der Waals surface area (Å²) >= 11 is 0. The number of nitrogens with zero attached hydrogens (tertiary/aromatic N) is 4. The smallest absolute Gasteiger partial charge is 0.309 e. The number of aromatic nitrogens is 4. The van der Waals surface area contributed by atoms with Crippen LogP contribution in [0.1, 0.15) is 5.56 Å². The number of benzene rings is 10. The minimum Gasteiger partial charge on any atom is -0.309 e. The molecule has 0 radical (unpaired) electrons. The van der Waals surface area contributed by atoms with Crippen molar-refractivity contribution in [3.8, 4) is 78.7 Å². The van der Waals surface area contributed by atoms with Crippen molar-refractivity contribution in [2.24, 2.45) is 0 Å². The van der Waals surface area contributed by atoms with Crippen molar-refractivity contribution < 1.29 is 13.2 Å². The molecule has 0 aliphatic carbocycles. The fourth-order valence-corrected chi connectivity index (χ4v) is 10.4. The van der Waals surface area contributed by atoms with Gasteiger partial charge in [-0.1, -0.05) is 188 Å². The van der Waals surface area contributed by atoms with E-state index in [0.717, 1.165) is 105 Å². The number of hydrogen-bond donors (Lipinski definition) is 0. The van der Waals surface area contributed by atoms with Gasteiger partial charge in [-0.25, -0.2) is 9.97 Å². The van der Waals surface area contributed by atoms with E-state index in [-0.39, 0.29) is 0 Å². The second kappa shape index (κ2) is 17.3. The molecule has 3 aromatic heterocycles. The fraction of sp³-hybridized carbons (Fsp3) is 0.0154. The Hall–Kier alpha value is -9.33. The quantitative estimate of drug-likeness (QED) is 0.152. The van der Waals surface area contributed by atoms with E-state index in [4.69, 9.17) is 9.97 Å². The highest BCUT2D eigenvalue weighted by Gasteiger charge is 2.32. The van der Waals surface area contributed by atoms with Crippen molar-refractivity contribution in [3.05, 3.63) is 254 Å². The summed E-state index contributed by atoms with van der Waals surface area (Å²) in [4.78, 5) is 10.5. The van der Waals surface area contributed by atoms with Crippen LogP contribution in [0.5, 0.6) is 0 Å².